The van der Waals surface area contributed by atoms with Gasteiger partial charge in [-0.05, 0) is 30.2 Å². The van der Waals surface area contributed by atoms with Crippen molar-refractivity contribution in [2.75, 3.05) is 6.54 Å². The summed E-state index contributed by atoms with van der Waals surface area (Å²) in [5, 5.41) is 3.08. The number of rotatable bonds is 5. The van der Waals surface area contributed by atoms with Gasteiger partial charge in [0.25, 0.3) is 5.91 Å². The minimum absolute atomic E-state index is 0.00811. The van der Waals surface area contributed by atoms with Gasteiger partial charge in [0, 0.05) is 23.1 Å². The van der Waals surface area contributed by atoms with E-state index >= 15 is 0 Å². The first kappa shape index (κ1) is 18.5. The number of fused-ring (bicyclic) bond motifs is 1. The molecule has 0 aliphatic carbocycles. The van der Waals surface area contributed by atoms with E-state index in [2.05, 4.69) is 41.7 Å². The van der Waals surface area contributed by atoms with Gasteiger partial charge in [0.2, 0.25) is 0 Å². The highest BCUT2D eigenvalue weighted by atomic mass is 16.1. The highest BCUT2D eigenvalue weighted by Gasteiger charge is 2.19. The lowest BCUT2D eigenvalue weighted by Crippen LogP contribution is -3.10. The van der Waals surface area contributed by atoms with Crippen molar-refractivity contribution in [2.45, 2.75) is 32.5 Å². The van der Waals surface area contributed by atoms with Gasteiger partial charge in [-0.2, -0.15) is 0 Å². The van der Waals surface area contributed by atoms with Crippen LogP contribution in [0.4, 0.5) is 0 Å². The Bertz CT molecular complexity index is 934. The Balaban J connectivity index is 1.35. The van der Waals surface area contributed by atoms with E-state index in [1.54, 1.807) is 4.90 Å². The zero-order valence-corrected chi connectivity index (χ0v) is 16.3. The maximum Gasteiger partial charge on any atom is 0.251 e. The maximum absolute atomic E-state index is 12.6. The molecule has 0 fully saturated rings. The molecule has 0 radical (unpaired) electrons. The molecule has 3 aromatic carbocycles. The Morgan fingerprint density at radius 1 is 0.929 bits per heavy atom. The van der Waals surface area contributed by atoms with Crippen LogP contribution in [0.1, 0.15) is 45.6 Å². The van der Waals surface area contributed by atoms with Crippen LogP contribution in [0.15, 0.2) is 78.9 Å². The van der Waals surface area contributed by atoms with Gasteiger partial charge in [-0.25, -0.2) is 0 Å². The molecule has 2 N–H and O–H groups in total. The van der Waals surface area contributed by atoms with E-state index in [-0.39, 0.29) is 11.9 Å². The fraction of sp³-hybridized carbons (Fsp3) is 0.240. The zero-order valence-electron chi connectivity index (χ0n) is 16.3. The third-order valence-corrected chi connectivity index (χ3v) is 5.62. The number of amides is 1. The van der Waals surface area contributed by atoms with E-state index in [0.717, 1.165) is 31.6 Å². The van der Waals surface area contributed by atoms with E-state index in [4.69, 9.17) is 0 Å². The number of nitrogens with one attached hydrogen (secondary N) is 2. The van der Waals surface area contributed by atoms with Gasteiger partial charge in [0.1, 0.15) is 13.1 Å². The molecule has 0 spiro atoms. The third-order valence-electron chi connectivity index (χ3n) is 5.62. The fourth-order valence-corrected chi connectivity index (χ4v) is 3.96. The lowest BCUT2D eigenvalue weighted by molar-refractivity contribution is -0.929. The lowest BCUT2D eigenvalue weighted by atomic mass is 9.99. The molecule has 1 amide bonds. The smallest absolute Gasteiger partial charge is 0.251 e. The minimum Gasteiger partial charge on any atom is -0.346 e. The van der Waals surface area contributed by atoms with Crippen LogP contribution in [0, 0.1) is 0 Å². The molecule has 3 aromatic rings. The van der Waals surface area contributed by atoms with Gasteiger partial charge >= 0.3 is 0 Å². The zero-order chi connectivity index (χ0) is 19.3. The average molecular weight is 372 g/mol. The molecule has 4 rings (SSSR count). The molecular weight excluding hydrogens is 344 g/mol. The summed E-state index contributed by atoms with van der Waals surface area (Å²) < 4.78 is 0. The number of quaternary nitrogens is 1. The van der Waals surface area contributed by atoms with E-state index < -0.39 is 0 Å². The Morgan fingerprint density at radius 2 is 1.61 bits per heavy atom. The highest BCUT2D eigenvalue weighted by molar-refractivity contribution is 5.94. The SMILES string of the molecule is C[C@H](NC(=O)c1ccc(C[NH+]2CCc3ccccc3C2)cc1)c1ccccc1. The fourth-order valence-electron chi connectivity index (χ4n) is 3.96. The van der Waals surface area contributed by atoms with Crippen molar-refractivity contribution >= 4 is 5.91 Å². The van der Waals surface area contributed by atoms with Crippen molar-refractivity contribution in [3.05, 3.63) is 107 Å². The van der Waals surface area contributed by atoms with Crippen molar-refractivity contribution in [3.63, 3.8) is 0 Å². The molecule has 1 heterocycles. The van der Waals surface area contributed by atoms with Crippen molar-refractivity contribution in [1.82, 2.24) is 5.32 Å². The quantitative estimate of drug-likeness (QED) is 0.709. The van der Waals surface area contributed by atoms with Crippen LogP contribution in [-0.4, -0.2) is 12.5 Å². The van der Waals surface area contributed by atoms with E-state index in [9.17, 15) is 4.79 Å². The monoisotopic (exact) mass is 371 g/mol. The standard InChI is InChI=1S/C25H26N2O/c1-19(21-7-3-2-4-8-21)26-25(28)23-13-11-20(12-14-23)17-27-16-15-22-9-5-6-10-24(22)18-27/h2-14,19H,15-18H2,1H3,(H,26,28)/p+1/t19-/m0/s1. The van der Waals surface area contributed by atoms with Gasteiger partial charge in [-0.1, -0.05) is 66.7 Å². The Labute approximate surface area is 167 Å². The first-order valence-electron chi connectivity index (χ1n) is 10.0. The molecule has 28 heavy (non-hydrogen) atoms. The first-order valence-corrected chi connectivity index (χ1v) is 10.0. The summed E-state index contributed by atoms with van der Waals surface area (Å²) in [6.07, 6.45) is 1.14. The van der Waals surface area contributed by atoms with Crippen molar-refractivity contribution in [3.8, 4) is 0 Å². The summed E-state index contributed by atoms with van der Waals surface area (Å²) in [6.45, 7) is 5.25. The number of carbonyl (C=O) groups excluding carboxylic acids is 1. The van der Waals surface area contributed by atoms with Crippen molar-refractivity contribution in [2.24, 2.45) is 0 Å². The van der Waals surface area contributed by atoms with Gasteiger partial charge in [-0.15, -0.1) is 0 Å². The Kier molecular flexibility index (Phi) is 5.54. The number of hydrogen-bond donors (Lipinski definition) is 2. The molecule has 0 aromatic heterocycles. The molecule has 2 atom stereocenters. The number of hydrogen-bond acceptors (Lipinski definition) is 1. The summed E-state index contributed by atoms with van der Waals surface area (Å²) in [4.78, 5) is 14.1. The highest BCUT2D eigenvalue weighted by Crippen LogP contribution is 2.14. The predicted molar refractivity (Wildman–Crippen MR) is 112 cm³/mol. The van der Waals surface area contributed by atoms with Crippen LogP contribution >= 0.6 is 0 Å². The van der Waals surface area contributed by atoms with Crippen LogP contribution in [-0.2, 0) is 19.5 Å². The van der Waals surface area contributed by atoms with Crippen LogP contribution in [0.25, 0.3) is 0 Å². The molecule has 0 saturated heterocycles. The molecule has 3 nitrogen and oxygen atoms in total. The summed E-state index contributed by atoms with van der Waals surface area (Å²) >= 11 is 0. The molecule has 1 aliphatic heterocycles. The van der Waals surface area contributed by atoms with E-state index in [0.29, 0.717) is 5.56 Å². The molecular formula is C25H27N2O+. The summed E-state index contributed by atoms with van der Waals surface area (Å²) in [5.41, 5.74) is 6.06. The molecule has 0 saturated carbocycles. The van der Waals surface area contributed by atoms with Gasteiger partial charge in [0.15, 0.2) is 0 Å². The van der Waals surface area contributed by atoms with Gasteiger partial charge < -0.3 is 10.2 Å². The minimum atomic E-state index is -0.0258. The van der Waals surface area contributed by atoms with E-state index in [1.165, 1.54) is 16.7 Å². The number of benzene rings is 3. The largest absolute Gasteiger partial charge is 0.346 e. The molecule has 0 bridgehead atoms. The van der Waals surface area contributed by atoms with Crippen LogP contribution in [0.5, 0.6) is 0 Å². The summed E-state index contributed by atoms with van der Waals surface area (Å²) in [6, 6.07) is 26.9. The molecule has 1 aliphatic rings. The second-order valence-corrected chi connectivity index (χ2v) is 7.68. The molecule has 3 heteroatoms. The van der Waals surface area contributed by atoms with Crippen LogP contribution in [0.2, 0.25) is 0 Å². The maximum atomic E-state index is 12.6. The normalized spacial score (nSPS) is 16.8. The topological polar surface area (TPSA) is 33.5 Å². The Hall–Kier alpha value is -2.91. The summed E-state index contributed by atoms with van der Waals surface area (Å²) in [5.74, 6) is -0.0258. The summed E-state index contributed by atoms with van der Waals surface area (Å²) in [7, 11) is 0. The van der Waals surface area contributed by atoms with Crippen LogP contribution < -0.4 is 10.2 Å². The lowest BCUT2D eigenvalue weighted by Gasteiger charge is -2.26. The third kappa shape index (κ3) is 4.32. The average Bonchev–Trinajstić information content (AvgIpc) is 2.75. The van der Waals surface area contributed by atoms with E-state index in [1.807, 2.05) is 49.4 Å². The van der Waals surface area contributed by atoms with Gasteiger partial charge in [0.05, 0.1) is 12.6 Å². The molecule has 142 valence electrons. The number of carbonyl (C=O) groups is 1. The molecule has 1 unspecified atom stereocenters. The van der Waals surface area contributed by atoms with Gasteiger partial charge in [-0.3, -0.25) is 4.79 Å². The Morgan fingerprint density at radius 3 is 2.36 bits per heavy atom. The van der Waals surface area contributed by atoms with Crippen LogP contribution in [0.3, 0.4) is 0 Å². The van der Waals surface area contributed by atoms with Crippen molar-refractivity contribution < 1.29 is 9.69 Å². The second-order valence-electron chi connectivity index (χ2n) is 7.68. The first-order chi connectivity index (χ1) is 13.7. The van der Waals surface area contributed by atoms with Crippen molar-refractivity contribution in [1.29, 1.82) is 0 Å². The second kappa shape index (κ2) is 8.41. The predicted octanol–water partition coefficient (Wildman–Crippen LogP) is 3.32.